The largest absolute Gasteiger partial charge is 0.361 e. The molecule has 1 heterocycles. The predicted octanol–water partition coefficient (Wildman–Crippen LogP) is 2.97. The first-order valence-corrected chi connectivity index (χ1v) is 5.81. The Kier molecular flexibility index (Phi) is 3.01. The summed E-state index contributed by atoms with van der Waals surface area (Å²) in [4.78, 5) is 5.64. The van der Waals surface area contributed by atoms with Gasteiger partial charge in [-0.1, -0.05) is 18.2 Å². The van der Waals surface area contributed by atoms with Crippen molar-refractivity contribution in [1.82, 2.24) is 9.88 Å². The number of hydrogen-bond donors (Lipinski definition) is 1. The SMILES string of the molecule is Cc1cccc2c(C[C@@H](C)N(C)C)c[nH]c12. The van der Waals surface area contributed by atoms with Crippen molar-refractivity contribution in [1.29, 1.82) is 0 Å². The minimum absolute atomic E-state index is 0.569. The predicted molar refractivity (Wildman–Crippen MR) is 69.9 cm³/mol. The summed E-state index contributed by atoms with van der Waals surface area (Å²) in [6, 6.07) is 7.06. The summed E-state index contributed by atoms with van der Waals surface area (Å²) in [5, 5.41) is 1.37. The zero-order valence-corrected chi connectivity index (χ0v) is 10.5. The third kappa shape index (κ3) is 1.98. The highest BCUT2D eigenvalue weighted by atomic mass is 15.1. The molecule has 1 atom stereocenters. The number of rotatable bonds is 3. The maximum Gasteiger partial charge on any atom is 0.0486 e. The Morgan fingerprint density at radius 1 is 1.31 bits per heavy atom. The number of benzene rings is 1. The smallest absolute Gasteiger partial charge is 0.0486 e. The summed E-state index contributed by atoms with van der Waals surface area (Å²) in [6.07, 6.45) is 3.24. The average Bonchev–Trinajstić information content (AvgIpc) is 2.63. The third-order valence-electron chi connectivity index (χ3n) is 3.41. The van der Waals surface area contributed by atoms with Gasteiger partial charge in [0.2, 0.25) is 0 Å². The van der Waals surface area contributed by atoms with Crippen LogP contribution in [0.3, 0.4) is 0 Å². The zero-order chi connectivity index (χ0) is 11.7. The molecule has 86 valence electrons. The quantitative estimate of drug-likeness (QED) is 0.835. The molecule has 2 heteroatoms. The molecule has 0 aliphatic heterocycles. The van der Waals surface area contributed by atoms with E-state index < -0.39 is 0 Å². The topological polar surface area (TPSA) is 19.0 Å². The molecule has 2 rings (SSSR count). The van der Waals surface area contributed by atoms with Gasteiger partial charge >= 0.3 is 0 Å². The molecule has 0 saturated heterocycles. The van der Waals surface area contributed by atoms with Gasteiger partial charge in [0.1, 0.15) is 0 Å². The molecule has 2 nitrogen and oxygen atoms in total. The number of nitrogens with zero attached hydrogens (tertiary/aromatic N) is 1. The van der Waals surface area contributed by atoms with E-state index >= 15 is 0 Å². The molecule has 1 aromatic carbocycles. The lowest BCUT2D eigenvalue weighted by Gasteiger charge is -2.19. The highest BCUT2D eigenvalue weighted by Crippen LogP contribution is 2.22. The summed E-state index contributed by atoms with van der Waals surface area (Å²) in [7, 11) is 4.26. The Morgan fingerprint density at radius 3 is 2.75 bits per heavy atom. The van der Waals surface area contributed by atoms with Gasteiger partial charge in [-0.25, -0.2) is 0 Å². The second kappa shape index (κ2) is 4.30. The van der Waals surface area contributed by atoms with E-state index in [1.165, 1.54) is 22.0 Å². The van der Waals surface area contributed by atoms with Crippen LogP contribution in [0.2, 0.25) is 0 Å². The summed E-state index contributed by atoms with van der Waals surface area (Å²) in [5.74, 6) is 0. The van der Waals surface area contributed by atoms with Crippen molar-refractivity contribution in [3.63, 3.8) is 0 Å². The van der Waals surface area contributed by atoms with Crippen molar-refractivity contribution in [2.45, 2.75) is 26.3 Å². The number of para-hydroxylation sites is 1. The fourth-order valence-corrected chi connectivity index (χ4v) is 2.03. The molecule has 0 fully saturated rings. The Morgan fingerprint density at radius 2 is 2.06 bits per heavy atom. The van der Waals surface area contributed by atoms with Gasteiger partial charge in [-0.15, -0.1) is 0 Å². The summed E-state index contributed by atoms with van der Waals surface area (Å²) in [5.41, 5.74) is 4.02. The van der Waals surface area contributed by atoms with E-state index in [2.05, 4.69) is 62.2 Å². The second-order valence-corrected chi connectivity index (χ2v) is 4.83. The standard InChI is InChI=1S/C14H20N2/c1-10-6-5-7-13-12(9-15-14(10)13)8-11(2)16(3)4/h5-7,9,11,15H,8H2,1-4H3/t11-/m1/s1. The highest BCUT2D eigenvalue weighted by Gasteiger charge is 2.10. The van der Waals surface area contributed by atoms with Crippen molar-refractivity contribution in [2.75, 3.05) is 14.1 Å². The molecule has 16 heavy (non-hydrogen) atoms. The minimum atomic E-state index is 0.569. The van der Waals surface area contributed by atoms with Gasteiger partial charge in [-0.05, 0) is 45.5 Å². The van der Waals surface area contributed by atoms with Crippen LogP contribution < -0.4 is 0 Å². The molecule has 0 aliphatic carbocycles. The number of aromatic nitrogens is 1. The van der Waals surface area contributed by atoms with Crippen LogP contribution in [0.4, 0.5) is 0 Å². The van der Waals surface area contributed by atoms with Gasteiger partial charge in [0, 0.05) is 23.1 Å². The number of hydrogen-bond acceptors (Lipinski definition) is 1. The van der Waals surface area contributed by atoms with Crippen molar-refractivity contribution >= 4 is 10.9 Å². The van der Waals surface area contributed by atoms with Crippen molar-refractivity contribution < 1.29 is 0 Å². The number of aromatic amines is 1. The first-order valence-electron chi connectivity index (χ1n) is 5.81. The third-order valence-corrected chi connectivity index (χ3v) is 3.41. The molecule has 0 radical (unpaired) electrons. The van der Waals surface area contributed by atoms with Crippen LogP contribution in [-0.2, 0) is 6.42 Å². The van der Waals surface area contributed by atoms with Gasteiger partial charge in [-0.2, -0.15) is 0 Å². The average molecular weight is 216 g/mol. The van der Waals surface area contributed by atoms with Crippen molar-refractivity contribution in [3.05, 3.63) is 35.5 Å². The van der Waals surface area contributed by atoms with Gasteiger partial charge < -0.3 is 9.88 Å². The molecule has 0 unspecified atom stereocenters. The molecule has 0 aliphatic rings. The van der Waals surface area contributed by atoms with Crippen LogP contribution in [0.5, 0.6) is 0 Å². The van der Waals surface area contributed by atoms with E-state index in [1.54, 1.807) is 0 Å². The van der Waals surface area contributed by atoms with Crippen LogP contribution in [0.15, 0.2) is 24.4 Å². The fraction of sp³-hybridized carbons (Fsp3) is 0.429. The molecule has 1 aromatic heterocycles. The normalized spacial score (nSPS) is 13.6. The van der Waals surface area contributed by atoms with E-state index in [-0.39, 0.29) is 0 Å². The molecule has 0 amide bonds. The molecule has 0 spiro atoms. The summed E-state index contributed by atoms with van der Waals surface area (Å²) >= 11 is 0. The van der Waals surface area contributed by atoms with Gasteiger partial charge in [0.05, 0.1) is 0 Å². The summed E-state index contributed by atoms with van der Waals surface area (Å²) < 4.78 is 0. The van der Waals surface area contributed by atoms with Crippen LogP contribution in [0, 0.1) is 6.92 Å². The maximum absolute atomic E-state index is 3.38. The van der Waals surface area contributed by atoms with Crippen LogP contribution >= 0.6 is 0 Å². The number of H-pyrrole nitrogens is 1. The molecule has 1 N–H and O–H groups in total. The first-order chi connectivity index (χ1) is 7.59. The second-order valence-electron chi connectivity index (χ2n) is 4.83. The van der Waals surface area contributed by atoms with Crippen LogP contribution in [-0.4, -0.2) is 30.0 Å². The monoisotopic (exact) mass is 216 g/mol. The number of likely N-dealkylation sites (N-methyl/N-ethyl adjacent to an activating group) is 1. The first kappa shape index (κ1) is 11.2. The lowest BCUT2D eigenvalue weighted by atomic mass is 10.0. The van der Waals surface area contributed by atoms with Gasteiger partial charge in [0.25, 0.3) is 0 Å². The number of fused-ring (bicyclic) bond motifs is 1. The Bertz CT molecular complexity index is 482. The highest BCUT2D eigenvalue weighted by molar-refractivity contribution is 5.85. The van der Waals surface area contributed by atoms with Crippen LogP contribution in [0.1, 0.15) is 18.1 Å². The van der Waals surface area contributed by atoms with Crippen molar-refractivity contribution in [2.24, 2.45) is 0 Å². The molecular weight excluding hydrogens is 196 g/mol. The van der Waals surface area contributed by atoms with E-state index in [9.17, 15) is 0 Å². The van der Waals surface area contributed by atoms with E-state index in [0.717, 1.165) is 6.42 Å². The van der Waals surface area contributed by atoms with Gasteiger partial charge in [0.15, 0.2) is 0 Å². The molecule has 0 bridgehead atoms. The number of aryl methyl sites for hydroxylation is 1. The Labute approximate surface area is 97.3 Å². The Balaban J connectivity index is 2.36. The minimum Gasteiger partial charge on any atom is -0.361 e. The Hall–Kier alpha value is -1.28. The molecular formula is C14H20N2. The zero-order valence-electron chi connectivity index (χ0n) is 10.5. The van der Waals surface area contributed by atoms with Crippen LogP contribution in [0.25, 0.3) is 10.9 Å². The molecule has 2 aromatic rings. The van der Waals surface area contributed by atoms with E-state index in [1.807, 2.05) is 0 Å². The lowest BCUT2D eigenvalue weighted by molar-refractivity contribution is 0.313. The summed E-state index contributed by atoms with van der Waals surface area (Å²) in [6.45, 7) is 4.41. The molecule has 0 saturated carbocycles. The van der Waals surface area contributed by atoms with Crippen molar-refractivity contribution in [3.8, 4) is 0 Å². The lowest BCUT2D eigenvalue weighted by Crippen LogP contribution is -2.26. The maximum atomic E-state index is 3.38. The number of nitrogens with one attached hydrogen (secondary N) is 1. The van der Waals surface area contributed by atoms with Gasteiger partial charge in [-0.3, -0.25) is 0 Å². The van der Waals surface area contributed by atoms with E-state index in [0.29, 0.717) is 6.04 Å². The fourth-order valence-electron chi connectivity index (χ4n) is 2.03. The van der Waals surface area contributed by atoms with E-state index in [4.69, 9.17) is 0 Å².